The minimum atomic E-state index is -0.0557. The van der Waals surface area contributed by atoms with Gasteiger partial charge in [-0.2, -0.15) is 0 Å². The smallest absolute Gasteiger partial charge is 0.251 e. The number of aryl methyl sites for hydroxylation is 1. The minimum absolute atomic E-state index is 0.00811. The van der Waals surface area contributed by atoms with Gasteiger partial charge in [-0.05, 0) is 25.0 Å². The van der Waals surface area contributed by atoms with Gasteiger partial charge < -0.3 is 11.1 Å². The number of hydrogen-bond acceptors (Lipinski definition) is 2. The van der Waals surface area contributed by atoms with E-state index < -0.39 is 0 Å². The van der Waals surface area contributed by atoms with Crippen molar-refractivity contribution in [3.63, 3.8) is 0 Å². The summed E-state index contributed by atoms with van der Waals surface area (Å²) in [7, 11) is 0. The maximum Gasteiger partial charge on any atom is 0.251 e. The zero-order valence-corrected chi connectivity index (χ0v) is 10.2. The van der Waals surface area contributed by atoms with Crippen LogP contribution in [0.25, 0.3) is 0 Å². The molecule has 0 aliphatic heterocycles. The molecule has 0 aromatic heterocycles. The van der Waals surface area contributed by atoms with Gasteiger partial charge in [0.1, 0.15) is 0 Å². The first kappa shape index (κ1) is 12.7. The average molecular weight is 220 g/mol. The van der Waals surface area contributed by atoms with Crippen LogP contribution in [0.4, 0.5) is 0 Å². The van der Waals surface area contributed by atoms with E-state index in [1.54, 1.807) is 0 Å². The number of nitrogens with one attached hydrogen (secondary N) is 1. The number of carbonyl (C=O) groups excluding carboxylic acids is 1. The van der Waals surface area contributed by atoms with Gasteiger partial charge in [0.05, 0.1) is 0 Å². The zero-order valence-electron chi connectivity index (χ0n) is 10.2. The molecular weight excluding hydrogens is 200 g/mol. The Hall–Kier alpha value is -1.35. The van der Waals surface area contributed by atoms with Gasteiger partial charge in [-0.15, -0.1) is 0 Å². The van der Waals surface area contributed by atoms with Gasteiger partial charge in [0.15, 0.2) is 0 Å². The average Bonchev–Trinajstić information content (AvgIpc) is 2.25. The summed E-state index contributed by atoms with van der Waals surface area (Å²) in [6, 6.07) is 7.54. The van der Waals surface area contributed by atoms with Crippen molar-refractivity contribution in [2.75, 3.05) is 6.54 Å². The Morgan fingerprint density at radius 2 is 2.12 bits per heavy atom. The van der Waals surface area contributed by atoms with E-state index in [-0.39, 0.29) is 11.9 Å². The molecule has 0 bridgehead atoms. The highest BCUT2D eigenvalue weighted by molar-refractivity contribution is 5.94. The molecule has 0 heterocycles. The molecule has 0 fully saturated rings. The summed E-state index contributed by atoms with van der Waals surface area (Å²) < 4.78 is 0. The molecule has 1 aromatic rings. The first-order valence-electron chi connectivity index (χ1n) is 5.61. The topological polar surface area (TPSA) is 55.1 Å². The van der Waals surface area contributed by atoms with Crippen molar-refractivity contribution in [1.29, 1.82) is 0 Å². The van der Waals surface area contributed by atoms with Crippen LogP contribution in [-0.4, -0.2) is 18.5 Å². The number of hydrogen-bond donors (Lipinski definition) is 2. The maximum absolute atomic E-state index is 11.8. The quantitative estimate of drug-likeness (QED) is 0.811. The van der Waals surface area contributed by atoms with E-state index in [0.29, 0.717) is 18.0 Å². The van der Waals surface area contributed by atoms with Crippen molar-refractivity contribution in [1.82, 2.24) is 5.32 Å². The third-order valence-corrected chi connectivity index (χ3v) is 2.63. The summed E-state index contributed by atoms with van der Waals surface area (Å²) in [6.45, 7) is 6.58. The van der Waals surface area contributed by atoms with Crippen LogP contribution in [0.1, 0.15) is 29.8 Å². The number of amides is 1. The molecule has 0 saturated carbocycles. The fourth-order valence-electron chi connectivity index (χ4n) is 1.33. The molecule has 3 N–H and O–H groups in total. The Labute approximate surface area is 97.0 Å². The van der Waals surface area contributed by atoms with Gasteiger partial charge >= 0.3 is 0 Å². The van der Waals surface area contributed by atoms with Crippen molar-refractivity contribution in [2.24, 2.45) is 11.7 Å². The van der Waals surface area contributed by atoms with Gasteiger partial charge in [0, 0.05) is 18.2 Å². The largest absolute Gasteiger partial charge is 0.350 e. The predicted octanol–water partition coefficient (Wildman–Crippen LogP) is 1.71. The lowest BCUT2D eigenvalue weighted by Gasteiger charge is -2.16. The number of rotatable bonds is 4. The van der Waals surface area contributed by atoms with Crippen LogP contribution < -0.4 is 11.1 Å². The van der Waals surface area contributed by atoms with Gasteiger partial charge in [0.2, 0.25) is 0 Å². The molecule has 1 unspecified atom stereocenters. The van der Waals surface area contributed by atoms with E-state index in [0.717, 1.165) is 5.56 Å². The van der Waals surface area contributed by atoms with Crippen LogP contribution in [0.5, 0.6) is 0 Å². The molecule has 1 atom stereocenters. The van der Waals surface area contributed by atoms with Crippen LogP contribution in [-0.2, 0) is 0 Å². The zero-order chi connectivity index (χ0) is 12.1. The summed E-state index contributed by atoms with van der Waals surface area (Å²) in [5.41, 5.74) is 7.63. The van der Waals surface area contributed by atoms with Gasteiger partial charge in [-0.25, -0.2) is 0 Å². The van der Waals surface area contributed by atoms with Crippen molar-refractivity contribution in [2.45, 2.75) is 26.8 Å². The van der Waals surface area contributed by atoms with E-state index in [2.05, 4.69) is 5.32 Å². The number of nitrogens with two attached hydrogens (primary N) is 1. The molecule has 0 aliphatic carbocycles. The Morgan fingerprint density at radius 1 is 1.44 bits per heavy atom. The van der Waals surface area contributed by atoms with E-state index in [1.807, 2.05) is 45.0 Å². The minimum Gasteiger partial charge on any atom is -0.350 e. The molecule has 1 amide bonds. The van der Waals surface area contributed by atoms with Crippen LogP contribution in [0.3, 0.4) is 0 Å². The van der Waals surface area contributed by atoms with Crippen molar-refractivity contribution in [3.8, 4) is 0 Å². The third kappa shape index (κ3) is 3.66. The van der Waals surface area contributed by atoms with Gasteiger partial charge in [-0.3, -0.25) is 4.79 Å². The summed E-state index contributed by atoms with van der Waals surface area (Å²) in [4.78, 5) is 11.8. The van der Waals surface area contributed by atoms with Crippen molar-refractivity contribution < 1.29 is 4.79 Å². The van der Waals surface area contributed by atoms with Crippen LogP contribution in [0, 0.1) is 12.8 Å². The Bertz CT molecular complexity index is 361. The van der Waals surface area contributed by atoms with E-state index in [1.165, 1.54) is 0 Å². The third-order valence-electron chi connectivity index (χ3n) is 2.63. The lowest BCUT2D eigenvalue weighted by molar-refractivity contribution is 0.0949. The highest BCUT2D eigenvalue weighted by Crippen LogP contribution is 2.04. The summed E-state index contributed by atoms with van der Waals surface area (Å²) >= 11 is 0. The van der Waals surface area contributed by atoms with E-state index >= 15 is 0 Å². The monoisotopic (exact) mass is 220 g/mol. The lowest BCUT2D eigenvalue weighted by atomic mass is 10.1. The van der Waals surface area contributed by atoms with Gasteiger partial charge in [-0.1, -0.05) is 31.5 Å². The highest BCUT2D eigenvalue weighted by Gasteiger charge is 2.10. The molecule has 0 spiro atoms. The molecule has 16 heavy (non-hydrogen) atoms. The van der Waals surface area contributed by atoms with Gasteiger partial charge in [0.25, 0.3) is 5.91 Å². The second kappa shape index (κ2) is 5.66. The summed E-state index contributed by atoms with van der Waals surface area (Å²) in [5.74, 6) is 0.317. The normalized spacial score (nSPS) is 12.6. The fourth-order valence-corrected chi connectivity index (χ4v) is 1.33. The lowest BCUT2D eigenvalue weighted by Crippen LogP contribution is -2.40. The molecule has 3 heteroatoms. The fraction of sp³-hybridized carbons (Fsp3) is 0.462. The molecule has 1 rings (SSSR count). The Morgan fingerprint density at radius 3 is 2.69 bits per heavy atom. The van der Waals surface area contributed by atoms with Crippen LogP contribution in [0.2, 0.25) is 0 Å². The second-order valence-corrected chi connectivity index (χ2v) is 4.49. The number of benzene rings is 1. The standard InChI is InChI=1S/C13H20N2O/c1-9(2)12(14)8-15-13(16)11-6-4-5-10(3)7-11/h4-7,9,12H,8,14H2,1-3H3,(H,15,16). The summed E-state index contributed by atoms with van der Waals surface area (Å²) in [5, 5.41) is 2.84. The molecule has 0 saturated heterocycles. The summed E-state index contributed by atoms with van der Waals surface area (Å²) in [6.07, 6.45) is 0. The van der Waals surface area contributed by atoms with Crippen molar-refractivity contribution in [3.05, 3.63) is 35.4 Å². The molecule has 0 aliphatic rings. The van der Waals surface area contributed by atoms with E-state index in [9.17, 15) is 4.79 Å². The molecule has 1 aromatic carbocycles. The molecule has 3 nitrogen and oxygen atoms in total. The Balaban J connectivity index is 2.53. The highest BCUT2D eigenvalue weighted by atomic mass is 16.1. The Kier molecular flexibility index (Phi) is 4.50. The second-order valence-electron chi connectivity index (χ2n) is 4.49. The molecule has 0 radical (unpaired) electrons. The first-order valence-corrected chi connectivity index (χ1v) is 5.61. The maximum atomic E-state index is 11.8. The van der Waals surface area contributed by atoms with Crippen molar-refractivity contribution >= 4 is 5.91 Å². The number of carbonyl (C=O) groups is 1. The molecular formula is C13H20N2O. The SMILES string of the molecule is Cc1cccc(C(=O)NCC(N)C(C)C)c1. The van der Waals surface area contributed by atoms with Crippen LogP contribution in [0.15, 0.2) is 24.3 Å². The molecule has 88 valence electrons. The first-order chi connectivity index (χ1) is 7.50. The van der Waals surface area contributed by atoms with Crippen LogP contribution >= 0.6 is 0 Å². The predicted molar refractivity (Wildman–Crippen MR) is 66.3 cm³/mol. The van der Waals surface area contributed by atoms with E-state index in [4.69, 9.17) is 5.73 Å².